The third kappa shape index (κ3) is 5.26. The highest BCUT2D eigenvalue weighted by molar-refractivity contribution is 6.07. The summed E-state index contributed by atoms with van der Waals surface area (Å²) in [5.74, 6) is 0.606. The molecule has 0 bridgehead atoms. The lowest BCUT2D eigenvalue weighted by Crippen LogP contribution is -2.32. The lowest BCUT2D eigenvalue weighted by Gasteiger charge is -2.29. The predicted molar refractivity (Wildman–Crippen MR) is 127 cm³/mol. The number of rotatable bonds is 7. The van der Waals surface area contributed by atoms with Gasteiger partial charge in [0.1, 0.15) is 5.82 Å². The third-order valence-electron chi connectivity index (χ3n) is 5.99. The Labute approximate surface area is 193 Å². The van der Waals surface area contributed by atoms with Gasteiger partial charge in [0, 0.05) is 31.0 Å². The highest BCUT2D eigenvalue weighted by Gasteiger charge is 2.19. The third-order valence-corrected chi connectivity index (χ3v) is 5.99. The molecule has 3 N–H and O–H groups in total. The van der Waals surface area contributed by atoms with Crippen molar-refractivity contribution < 1.29 is 18.7 Å². The minimum absolute atomic E-state index is 0.124. The lowest BCUT2D eigenvalue weighted by atomic mass is 9.98. The Balaban J connectivity index is 1.34. The van der Waals surface area contributed by atoms with Gasteiger partial charge >= 0.3 is 0 Å². The van der Waals surface area contributed by atoms with E-state index in [4.69, 9.17) is 15.2 Å². The molecular formula is C26H28FN3O3. The zero-order valence-corrected chi connectivity index (χ0v) is 18.9. The first-order chi connectivity index (χ1) is 16.0. The second-order valence-electron chi connectivity index (χ2n) is 8.13. The maximum Gasteiger partial charge on any atom is 0.257 e. The van der Waals surface area contributed by atoms with Crippen molar-refractivity contribution >= 4 is 17.3 Å². The predicted octanol–water partition coefficient (Wildman–Crippen LogP) is 4.28. The van der Waals surface area contributed by atoms with Crippen LogP contribution in [0, 0.1) is 5.82 Å². The molecule has 3 aromatic rings. The van der Waals surface area contributed by atoms with E-state index in [-0.39, 0.29) is 11.3 Å². The molecule has 33 heavy (non-hydrogen) atoms. The van der Waals surface area contributed by atoms with Crippen LogP contribution < -0.4 is 20.5 Å². The van der Waals surface area contributed by atoms with E-state index in [1.165, 1.54) is 28.8 Å². The molecule has 0 atom stereocenters. The average Bonchev–Trinajstić information content (AvgIpc) is 2.84. The number of ether oxygens (including phenoxy) is 2. The summed E-state index contributed by atoms with van der Waals surface area (Å²) < 4.78 is 24.3. The maximum atomic E-state index is 13.4. The second kappa shape index (κ2) is 9.92. The van der Waals surface area contributed by atoms with Crippen molar-refractivity contribution in [3.05, 3.63) is 82.7 Å². The quantitative estimate of drug-likeness (QED) is 0.527. The van der Waals surface area contributed by atoms with E-state index >= 15 is 0 Å². The number of anilines is 2. The second-order valence-corrected chi connectivity index (χ2v) is 8.13. The van der Waals surface area contributed by atoms with E-state index < -0.39 is 11.7 Å². The zero-order valence-electron chi connectivity index (χ0n) is 18.9. The highest BCUT2D eigenvalue weighted by atomic mass is 19.1. The summed E-state index contributed by atoms with van der Waals surface area (Å²) in [5.41, 5.74) is 10.6. The van der Waals surface area contributed by atoms with Crippen LogP contribution in [0.2, 0.25) is 0 Å². The fourth-order valence-corrected chi connectivity index (χ4v) is 4.10. The number of nitrogens with zero attached hydrogens (tertiary/aromatic N) is 1. The molecule has 7 heteroatoms. The zero-order chi connectivity index (χ0) is 23.4. The molecule has 4 rings (SSSR count). The largest absolute Gasteiger partial charge is 0.493 e. The molecule has 1 amide bonds. The maximum absolute atomic E-state index is 13.4. The summed E-state index contributed by atoms with van der Waals surface area (Å²) in [6.45, 7) is 2.80. The first-order valence-corrected chi connectivity index (χ1v) is 10.9. The smallest absolute Gasteiger partial charge is 0.257 e. The SMILES string of the molecule is COc1cc2c(cc1OC)CN(CCc1ccc(NC(=O)c3cc(F)ccc3N)cc1)CC2. The summed E-state index contributed by atoms with van der Waals surface area (Å²) in [6.07, 6.45) is 1.87. The van der Waals surface area contributed by atoms with Crippen molar-refractivity contribution in [1.29, 1.82) is 0 Å². The van der Waals surface area contributed by atoms with Gasteiger partial charge in [0.05, 0.1) is 19.8 Å². The first-order valence-electron chi connectivity index (χ1n) is 10.9. The van der Waals surface area contributed by atoms with Crippen molar-refractivity contribution in [3.63, 3.8) is 0 Å². The lowest BCUT2D eigenvalue weighted by molar-refractivity contribution is 0.102. The summed E-state index contributed by atoms with van der Waals surface area (Å²) >= 11 is 0. The van der Waals surface area contributed by atoms with Gasteiger partial charge in [-0.2, -0.15) is 0 Å². The minimum atomic E-state index is -0.498. The van der Waals surface area contributed by atoms with Gasteiger partial charge in [-0.25, -0.2) is 4.39 Å². The highest BCUT2D eigenvalue weighted by Crippen LogP contribution is 2.33. The number of nitrogens with two attached hydrogens (primary N) is 1. The number of amides is 1. The van der Waals surface area contributed by atoms with Gasteiger partial charge in [0.15, 0.2) is 11.5 Å². The van der Waals surface area contributed by atoms with Gasteiger partial charge in [-0.15, -0.1) is 0 Å². The van der Waals surface area contributed by atoms with Crippen LogP contribution in [0.5, 0.6) is 11.5 Å². The first kappa shape index (κ1) is 22.6. The minimum Gasteiger partial charge on any atom is -0.493 e. The number of hydrogen-bond acceptors (Lipinski definition) is 5. The number of hydrogen-bond donors (Lipinski definition) is 2. The van der Waals surface area contributed by atoms with Crippen molar-refractivity contribution in [2.75, 3.05) is 38.4 Å². The molecular weight excluding hydrogens is 421 g/mol. The van der Waals surface area contributed by atoms with Crippen LogP contribution in [0.15, 0.2) is 54.6 Å². The van der Waals surface area contributed by atoms with Crippen molar-refractivity contribution in [1.82, 2.24) is 4.90 Å². The Bertz CT molecular complexity index is 1150. The van der Waals surface area contributed by atoms with Gasteiger partial charge in [0.2, 0.25) is 0 Å². The molecule has 3 aromatic carbocycles. The molecule has 172 valence electrons. The summed E-state index contributed by atoms with van der Waals surface area (Å²) in [4.78, 5) is 14.8. The van der Waals surface area contributed by atoms with Crippen molar-refractivity contribution in [2.24, 2.45) is 0 Å². The standard InChI is InChI=1S/C26H28FN3O3/c1-32-24-13-18-10-12-30(16-19(18)14-25(24)33-2)11-9-17-3-6-21(7-4-17)29-26(31)22-15-20(27)5-8-23(22)28/h3-8,13-15H,9-12,16,28H2,1-2H3,(H,29,31). The number of carbonyl (C=O) groups is 1. The normalized spacial score (nSPS) is 13.3. The van der Waals surface area contributed by atoms with Crippen LogP contribution in [0.1, 0.15) is 27.0 Å². The number of nitrogen functional groups attached to an aromatic ring is 1. The number of fused-ring (bicyclic) bond motifs is 1. The Kier molecular flexibility index (Phi) is 6.79. The summed E-state index contributed by atoms with van der Waals surface area (Å²) in [6, 6.07) is 15.6. The molecule has 1 heterocycles. The van der Waals surface area contributed by atoms with E-state index in [1.807, 2.05) is 24.3 Å². The van der Waals surface area contributed by atoms with Gasteiger partial charge in [-0.3, -0.25) is 9.69 Å². The van der Waals surface area contributed by atoms with Gasteiger partial charge in [-0.05, 0) is 72.0 Å². The number of halogens is 1. The molecule has 0 radical (unpaired) electrons. The Morgan fingerprint density at radius 3 is 2.42 bits per heavy atom. The van der Waals surface area contributed by atoms with Crippen LogP contribution in [0.4, 0.5) is 15.8 Å². The van der Waals surface area contributed by atoms with Crippen LogP contribution in [-0.2, 0) is 19.4 Å². The average molecular weight is 450 g/mol. The molecule has 0 saturated carbocycles. The molecule has 0 aliphatic carbocycles. The fraction of sp³-hybridized carbons (Fsp3) is 0.269. The Morgan fingerprint density at radius 2 is 1.73 bits per heavy atom. The molecule has 0 saturated heterocycles. The topological polar surface area (TPSA) is 76.8 Å². The van der Waals surface area contributed by atoms with Gasteiger partial charge < -0.3 is 20.5 Å². The molecule has 1 aliphatic rings. The molecule has 0 unspecified atom stereocenters. The van der Waals surface area contributed by atoms with Crippen LogP contribution >= 0.6 is 0 Å². The van der Waals surface area contributed by atoms with Crippen LogP contribution in [0.25, 0.3) is 0 Å². The monoisotopic (exact) mass is 449 g/mol. The number of methoxy groups -OCH3 is 2. The molecule has 0 aromatic heterocycles. The summed E-state index contributed by atoms with van der Waals surface area (Å²) in [7, 11) is 3.32. The van der Waals surface area contributed by atoms with E-state index in [2.05, 4.69) is 22.3 Å². The van der Waals surface area contributed by atoms with E-state index in [0.717, 1.165) is 50.0 Å². The molecule has 0 spiro atoms. The Morgan fingerprint density at radius 1 is 1.03 bits per heavy atom. The number of nitrogens with one attached hydrogen (secondary N) is 1. The van der Waals surface area contributed by atoms with Crippen molar-refractivity contribution in [3.8, 4) is 11.5 Å². The van der Waals surface area contributed by atoms with E-state index in [0.29, 0.717) is 5.69 Å². The molecule has 0 fully saturated rings. The summed E-state index contributed by atoms with van der Waals surface area (Å²) in [5, 5.41) is 2.77. The molecule has 6 nitrogen and oxygen atoms in total. The number of benzene rings is 3. The Hall–Kier alpha value is -3.58. The van der Waals surface area contributed by atoms with E-state index in [9.17, 15) is 9.18 Å². The van der Waals surface area contributed by atoms with Gasteiger partial charge in [0.25, 0.3) is 5.91 Å². The number of carbonyl (C=O) groups excluding carboxylic acids is 1. The van der Waals surface area contributed by atoms with Crippen molar-refractivity contribution in [2.45, 2.75) is 19.4 Å². The van der Waals surface area contributed by atoms with Crippen LogP contribution in [0.3, 0.4) is 0 Å². The molecule has 1 aliphatic heterocycles. The van der Waals surface area contributed by atoms with Gasteiger partial charge in [-0.1, -0.05) is 12.1 Å². The fourth-order valence-electron chi connectivity index (χ4n) is 4.10. The van der Waals surface area contributed by atoms with Crippen LogP contribution in [-0.4, -0.2) is 38.1 Å². The van der Waals surface area contributed by atoms with E-state index in [1.54, 1.807) is 14.2 Å².